The van der Waals surface area contributed by atoms with Crippen LogP contribution in [0.15, 0.2) is 6.07 Å². The monoisotopic (exact) mass is 233 g/mol. The van der Waals surface area contributed by atoms with Crippen molar-refractivity contribution in [3.63, 3.8) is 0 Å². The molecule has 0 saturated carbocycles. The zero-order chi connectivity index (χ0) is 11.7. The maximum Gasteiger partial charge on any atom is 0.185 e. The Morgan fingerprint density at radius 1 is 1.47 bits per heavy atom. The summed E-state index contributed by atoms with van der Waals surface area (Å²) in [5.41, 5.74) is 4.74. The number of carbonyl (C=O) groups excluding carboxylic acids is 1. The number of rotatable bonds is 2. The van der Waals surface area contributed by atoms with Gasteiger partial charge in [0.2, 0.25) is 0 Å². The van der Waals surface area contributed by atoms with Gasteiger partial charge in [0.15, 0.2) is 11.6 Å². The molecule has 0 aliphatic rings. The Bertz CT molecular complexity index is 392. The van der Waals surface area contributed by atoms with Crippen LogP contribution in [-0.2, 0) is 0 Å². The molecule has 0 spiro atoms. The molecule has 0 aromatic heterocycles. The SMILES string of the molecule is Cc1cc(Cl)c(F)c(C(=O)C(C)N)c1F. The molecule has 0 radical (unpaired) electrons. The van der Waals surface area contributed by atoms with Crippen molar-refractivity contribution in [1.29, 1.82) is 0 Å². The van der Waals surface area contributed by atoms with Crippen molar-refractivity contribution in [2.24, 2.45) is 5.73 Å². The Kier molecular flexibility index (Phi) is 3.42. The smallest absolute Gasteiger partial charge is 0.185 e. The summed E-state index contributed by atoms with van der Waals surface area (Å²) >= 11 is 5.51. The number of carbonyl (C=O) groups is 1. The van der Waals surface area contributed by atoms with Crippen LogP contribution in [0.2, 0.25) is 5.02 Å². The first-order valence-corrected chi connectivity index (χ1v) is 4.68. The van der Waals surface area contributed by atoms with Crippen molar-refractivity contribution in [2.75, 3.05) is 0 Å². The molecule has 2 nitrogen and oxygen atoms in total. The zero-order valence-corrected chi connectivity index (χ0v) is 9.03. The summed E-state index contributed by atoms with van der Waals surface area (Å²) in [6.07, 6.45) is 0. The molecule has 5 heteroatoms. The first kappa shape index (κ1) is 12.1. The minimum Gasteiger partial charge on any atom is -0.321 e. The van der Waals surface area contributed by atoms with E-state index in [4.69, 9.17) is 17.3 Å². The van der Waals surface area contributed by atoms with Gasteiger partial charge in [-0.15, -0.1) is 0 Å². The van der Waals surface area contributed by atoms with Crippen LogP contribution in [-0.4, -0.2) is 11.8 Å². The number of aryl methyl sites for hydroxylation is 1. The third kappa shape index (κ3) is 2.16. The van der Waals surface area contributed by atoms with Crippen LogP contribution in [0.4, 0.5) is 8.78 Å². The Labute approximate surface area is 91.0 Å². The second-order valence-electron chi connectivity index (χ2n) is 3.33. The third-order valence-electron chi connectivity index (χ3n) is 2.00. The Morgan fingerprint density at radius 2 is 2.00 bits per heavy atom. The van der Waals surface area contributed by atoms with Crippen molar-refractivity contribution in [3.8, 4) is 0 Å². The molecule has 0 aliphatic heterocycles. The topological polar surface area (TPSA) is 43.1 Å². The molecule has 0 saturated heterocycles. The van der Waals surface area contributed by atoms with Crippen LogP contribution in [0.1, 0.15) is 22.8 Å². The molecule has 0 heterocycles. The summed E-state index contributed by atoms with van der Waals surface area (Å²) in [4.78, 5) is 11.4. The number of Topliss-reactive ketones (excluding diaryl/α,β-unsaturated/α-hetero) is 1. The van der Waals surface area contributed by atoms with E-state index in [9.17, 15) is 13.6 Å². The van der Waals surface area contributed by atoms with Gasteiger partial charge in [0, 0.05) is 0 Å². The first-order valence-electron chi connectivity index (χ1n) is 4.30. The van der Waals surface area contributed by atoms with Crippen LogP contribution >= 0.6 is 11.6 Å². The Hall–Kier alpha value is -1.00. The predicted octanol–water partition coefficient (Wildman–Crippen LogP) is 2.46. The summed E-state index contributed by atoms with van der Waals surface area (Å²) < 4.78 is 26.9. The lowest BCUT2D eigenvalue weighted by atomic mass is 10.0. The van der Waals surface area contributed by atoms with E-state index >= 15 is 0 Å². The van der Waals surface area contributed by atoms with Gasteiger partial charge in [-0.05, 0) is 25.5 Å². The minimum atomic E-state index is -1.05. The number of halogens is 3. The van der Waals surface area contributed by atoms with Gasteiger partial charge in [0.25, 0.3) is 0 Å². The predicted molar refractivity (Wildman–Crippen MR) is 54.1 cm³/mol. The average molecular weight is 234 g/mol. The molecule has 1 aromatic rings. The first-order chi connectivity index (χ1) is 6.86. The highest BCUT2D eigenvalue weighted by Crippen LogP contribution is 2.25. The van der Waals surface area contributed by atoms with E-state index in [0.717, 1.165) is 6.07 Å². The molecule has 0 aliphatic carbocycles. The summed E-state index contributed by atoms with van der Waals surface area (Å²) in [5.74, 6) is -2.75. The highest BCUT2D eigenvalue weighted by Gasteiger charge is 2.24. The van der Waals surface area contributed by atoms with Gasteiger partial charge in [0.1, 0.15) is 5.82 Å². The highest BCUT2D eigenvalue weighted by molar-refractivity contribution is 6.31. The van der Waals surface area contributed by atoms with Gasteiger partial charge < -0.3 is 5.73 Å². The van der Waals surface area contributed by atoms with Crippen molar-refractivity contribution in [2.45, 2.75) is 19.9 Å². The average Bonchev–Trinajstić information content (AvgIpc) is 2.15. The van der Waals surface area contributed by atoms with E-state index in [-0.39, 0.29) is 10.6 Å². The normalized spacial score (nSPS) is 12.7. The molecule has 1 atom stereocenters. The Balaban J connectivity index is 3.46. The van der Waals surface area contributed by atoms with Crippen molar-refractivity contribution in [3.05, 3.63) is 33.9 Å². The summed E-state index contributed by atoms with van der Waals surface area (Å²) in [5, 5.41) is -0.280. The van der Waals surface area contributed by atoms with Gasteiger partial charge in [-0.25, -0.2) is 8.78 Å². The molecule has 15 heavy (non-hydrogen) atoms. The maximum absolute atomic E-state index is 13.5. The van der Waals surface area contributed by atoms with Crippen LogP contribution in [0.3, 0.4) is 0 Å². The van der Waals surface area contributed by atoms with Crippen LogP contribution in [0.5, 0.6) is 0 Å². The Morgan fingerprint density at radius 3 is 2.47 bits per heavy atom. The molecule has 1 rings (SSSR count). The van der Waals surface area contributed by atoms with Gasteiger partial charge in [-0.2, -0.15) is 0 Å². The van der Waals surface area contributed by atoms with E-state index in [1.54, 1.807) is 0 Å². The number of nitrogens with two attached hydrogens (primary N) is 1. The number of benzene rings is 1. The second kappa shape index (κ2) is 4.24. The zero-order valence-electron chi connectivity index (χ0n) is 8.27. The van der Waals surface area contributed by atoms with Crippen LogP contribution < -0.4 is 5.73 Å². The fraction of sp³-hybridized carbons (Fsp3) is 0.300. The summed E-state index contributed by atoms with van der Waals surface area (Å²) in [7, 11) is 0. The van der Waals surface area contributed by atoms with E-state index in [2.05, 4.69) is 0 Å². The van der Waals surface area contributed by atoms with E-state index in [1.807, 2.05) is 0 Å². The number of hydrogen-bond acceptors (Lipinski definition) is 2. The van der Waals surface area contributed by atoms with Crippen LogP contribution in [0, 0.1) is 18.6 Å². The maximum atomic E-state index is 13.5. The van der Waals surface area contributed by atoms with E-state index in [0.29, 0.717) is 0 Å². The number of ketones is 1. The molecule has 0 bridgehead atoms. The van der Waals surface area contributed by atoms with Gasteiger partial charge >= 0.3 is 0 Å². The standard InChI is InChI=1S/C10H10ClF2NO/c1-4-3-6(11)9(13)7(8(4)12)10(15)5(2)14/h3,5H,14H2,1-2H3. The fourth-order valence-electron chi connectivity index (χ4n) is 1.17. The van der Waals surface area contributed by atoms with Gasteiger partial charge in [-0.1, -0.05) is 11.6 Å². The van der Waals surface area contributed by atoms with E-state index < -0.39 is 29.0 Å². The molecule has 1 aromatic carbocycles. The molecular weight excluding hydrogens is 224 g/mol. The molecule has 0 fully saturated rings. The summed E-state index contributed by atoms with van der Waals surface area (Å²) in [6.45, 7) is 2.76. The summed E-state index contributed by atoms with van der Waals surface area (Å²) in [6, 6.07) is 0.163. The lowest BCUT2D eigenvalue weighted by Gasteiger charge is -2.09. The third-order valence-corrected chi connectivity index (χ3v) is 2.27. The second-order valence-corrected chi connectivity index (χ2v) is 3.74. The highest BCUT2D eigenvalue weighted by atomic mass is 35.5. The van der Waals surface area contributed by atoms with Gasteiger partial charge in [0.05, 0.1) is 16.6 Å². The lowest BCUT2D eigenvalue weighted by molar-refractivity contribution is 0.0959. The van der Waals surface area contributed by atoms with Crippen molar-refractivity contribution in [1.82, 2.24) is 0 Å². The van der Waals surface area contributed by atoms with Crippen molar-refractivity contribution < 1.29 is 13.6 Å². The fourth-order valence-corrected chi connectivity index (χ4v) is 1.43. The van der Waals surface area contributed by atoms with Crippen LogP contribution in [0.25, 0.3) is 0 Å². The quantitative estimate of drug-likeness (QED) is 0.630. The molecule has 2 N–H and O–H groups in total. The molecule has 82 valence electrons. The number of hydrogen-bond donors (Lipinski definition) is 1. The molecule has 0 amide bonds. The molecular formula is C10H10ClF2NO. The lowest BCUT2D eigenvalue weighted by Crippen LogP contribution is -2.28. The van der Waals surface area contributed by atoms with Gasteiger partial charge in [-0.3, -0.25) is 4.79 Å². The largest absolute Gasteiger partial charge is 0.321 e. The van der Waals surface area contributed by atoms with E-state index in [1.165, 1.54) is 13.8 Å². The van der Waals surface area contributed by atoms with Crippen molar-refractivity contribution >= 4 is 17.4 Å². The minimum absolute atomic E-state index is 0.116. The molecule has 1 unspecified atom stereocenters.